The van der Waals surface area contributed by atoms with Crippen molar-refractivity contribution in [3.8, 4) is 0 Å². The zero-order chi connectivity index (χ0) is 18.5. The highest BCUT2D eigenvalue weighted by Crippen LogP contribution is 2.16. The lowest BCUT2D eigenvalue weighted by atomic mass is 9.99. The van der Waals surface area contributed by atoms with E-state index in [1.165, 1.54) is 5.56 Å². The van der Waals surface area contributed by atoms with E-state index in [1.807, 2.05) is 67.2 Å². The average molecular weight is 370 g/mol. The summed E-state index contributed by atoms with van der Waals surface area (Å²) >= 11 is 5.62. The summed E-state index contributed by atoms with van der Waals surface area (Å²) in [5, 5.41) is 3.26. The number of aryl methyl sites for hydroxylation is 2. The van der Waals surface area contributed by atoms with Gasteiger partial charge >= 0.3 is 0 Å². The fourth-order valence-electron chi connectivity index (χ4n) is 3.14. The molecule has 0 bridgehead atoms. The molecule has 0 amide bonds. The number of pyridine rings is 1. The van der Waals surface area contributed by atoms with Gasteiger partial charge in [-0.2, -0.15) is 4.57 Å². The van der Waals surface area contributed by atoms with Crippen LogP contribution in [-0.2, 0) is 4.74 Å². The van der Waals surface area contributed by atoms with Gasteiger partial charge in [-0.05, 0) is 43.9 Å². The van der Waals surface area contributed by atoms with Gasteiger partial charge in [0.15, 0.2) is 17.4 Å². The fraction of sp³-hybridized carbons (Fsp3) is 0.381. The molecule has 26 heavy (non-hydrogen) atoms. The maximum Gasteiger partial charge on any atom is 0.270 e. The Labute approximate surface area is 160 Å². The van der Waals surface area contributed by atoms with Gasteiger partial charge in [0, 0.05) is 30.8 Å². The van der Waals surface area contributed by atoms with Crippen LogP contribution in [0.25, 0.3) is 0 Å². The molecule has 1 fully saturated rings. The number of benzene rings is 1. The number of nitrogens with one attached hydrogen (secondary N) is 1. The Bertz CT molecular complexity index is 786. The summed E-state index contributed by atoms with van der Waals surface area (Å²) < 4.78 is 7.51. The molecule has 3 rings (SSSR count). The minimum absolute atomic E-state index is 0.00543. The van der Waals surface area contributed by atoms with Gasteiger partial charge in [-0.15, -0.1) is 0 Å². The van der Waals surface area contributed by atoms with Crippen molar-refractivity contribution in [2.75, 3.05) is 13.2 Å². The molecule has 136 valence electrons. The molecule has 1 aromatic heterocycles. The van der Waals surface area contributed by atoms with E-state index in [0.29, 0.717) is 17.1 Å². The van der Waals surface area contributed by atoms with Crippen LogP contribution in [-0.4, -0.2) is 30.0 Å². The zero-order valence-electron chi connectivity index (χ0n) is 15.3. The smallest absolute Gasteiger partial charge is 0.270 e. The molecule has 1 aromatic carbocycles. The normalized spacial score (nSPS) is 17.7. The van der Waals surface area contributed by atoms with Gasteiger partial charge in [-0.1, -0.05) is 30.4 Å². The lowest BCUT2D eigenvalue weighted by Crippen LogP contribution is -2.52. The summed E-state index contributed by atoms with van der Waals surface area (Å²) in [5.74, 6) is -0.00543. The van der Waals surface area contributed by atoms with E-state index in [9.17, 15) is 4.79 Å². The Hall–Kier alpha value is -2.11. The summed E-state index contributed by atoms with van der Waals surface area (Å²) in [6.45, 7) is 5.51. The zero-order valence-corrected chi connectivity index (χ0v) is 16.1. The van der Waals surface area contributed by atoms with Gasteiger partial charge in [0.05, 0.1) is 6.10 Å². The van der Waals surface area contributed by atoms with Crippen LogP contribution in [0.1, 0.15) is 40.4 Å². The minimum atomic E-state index is -0.560. The number of carbonyl (C=O) groups is 1. The van der Waals surface area contributed by atoms with Crippen LogP contribution >= 0.6 is 12.2 Å². The number of rotatable bonds is 6. The van der Waals surface area contributed by atoms with E-state index >= 15 is 0 Å². The van der Waals surface area contributed by atoms with Gasteiger partial charge < -0.3 is 10.1 Å². The Morgan fingerprint density at radius 2 is 2.04 bits per heavy atom. The second kappa shape index (κ2) is 8.52. The van der Waals surface area contributed by atoms with Crippen molar-refractivity contribution >= 4 is 23.0 Å². The Morgan fingerprint density at radius 1 is 1.27 bits per heavy atom. The van der Waals surface area contributed by atoms with E-state index in [4.69, 9.17) is 17.0 Å². The molecule has 4 nitrogen and oxygen atoms in total. The number of carbonyl (C=O) groups excluding carboxylic acids is 1. The number of nitrogens with zero attached hydrogens (tertiary/aromatic N) is 1. The predicted octanol–water partition coefficient (Wildman–Crippen LogP) is 3.11. The van der Waals surface area contributed by atoms with E-state index in [1.54, 1.807) is 0 Å². The van der Waals surface area contributed by atoms with Gasteiger partial charge in [-0.3, -0.25) is 4.79 Å². The monoisotopic (exact) mass is 369 g/mol. The van der Waals surface area contributed by atoms with Crippen molar-refractivity contribution in [2.24, 2.45) is 0 Å². The molecule has 0 radical (unpaired) electrons. The van der Waals surface area contributed by atoms with Crippen LogP contribution in [0, 0.1) is 13.8 Å². The molecule has 0 saturated carbocycles. The molecule has 0 unspecified atom stereocenters. The Kier molecular flexibility index (Phi) is 6.12. The molecule has 2 aromatic rings. The van der Waals surface area contributed by atoms with Crippen LogP contribution in [0.5, 0.6) is 0 Å². The van der Waals surface area contributed by atoms with Crippen molar-refractivity contribution in [1.82, 2.24) is 5.32 Å². The molecule has 2 atom stereocenters. The van der Waals surface area contributed by atoms with Crippen LogP contribution < -0.4 is 9.88 Å². The lowest BCUT2D eigenvalue weighted by molar-refractivity contribution is -0.692. The second-order valence-corrected chi connectivity index (χ2v) is 7.21. The van der Waals surface area contributed by atoms with Crippen LogP contribution in [0.4, 0.5) is 0 Å². The van der Waals surface area contributed by atoms with E-state index in [0.717, 1.165) is 25.0 Å². The molecule has 1 aliphatic heterocycles. The first-order valence-corrected chi connectivity index (χ1v) is 9.43. The third kappa shape index (κ3) is 4.34. The summed E-state index contributed by atoms with van der Waals surface area (Å²) in [4.78, 5) is 13.8. The number of hydrogen-bond donors (Lipinski definition) is 1. The van der Waals surface area contributed by atoms with Crippen LogP contribution in [0.2, 0.25) is 0 Å². The Balaban J connectivity index is 1.83. The summed E-state index contributed by atoms with van der Waals surface area (Å²) in [5.41, 5.74) is 2.95. The van der Waals surface area contributed by atoms with Crippen molar-refractivity contribution in [2.45, 2.75) is 38.8 Å². The van der Waals surface area contributed by atoms with E-state index in [-0.39, 0.29) is 11.9 Å². The first-order chi connectivity index (χ1) is 12.6. The van der Waals surface area contributed by atoms with Crippen molar-refractivity contribution in [3.63, 3.8) is 0 Å². The highest BCUT2D eigenvalue weighted by atomic mass is 32.1. The molecule has 0 spiro atoms. The van der Waals surface area contributed by atoms with E-state index in [2.05, 4.69) is 5.32 Å². The minimum Gasteiger partial charge on any atom is -0.376 e. The third-order valence-corrected chi connectivity index (χ3v) is 5.22. The third-order valence-electron chi connectivity index (χ3n) is 4.85. The van der Waals surface area contributed by atoms with Crippen molar-refractivity contribution in [3.05, 3.63) is 65.5 Å². The first-order valence-electron chi connectivity index (χ1n) is 9.03. The standard InChI is InChI=1S/C21H24N2O2S/c1-15-8-9-17(13-16(15)2)20(24)19(23-10-4-3-5-11-23)21(26)22-14-18-7-6-12-25-18/h3-5,8-11,13,18-19H,6-7,12,14H2,1-2H3/p+1/t18-,19-/m0/s1. The molecule has 0 aliphatic carbocycles. The average Bonchev–Trinajstić information content (AvgIpc) is 3.17. The quantitative estimate of drug-likeness (QED) is 0.483. The highest BCUT2D eigenvalue weighted by Gasteiger charge is 2.33. The second-order valence-electron chi connectivity index (χ2n) is 6.77. The van der Waals surface area contributed by atoms with E-state index < -0.39 is 6.04 Å². The maximum atomic E-state index is 13.3. The highest BCUT2D eigenvalue weighted by molar-refractivity contribution is 7.80. The molecule has 5 heteroatoms. The molecular formula is C21H25N2O2S+. The van der Waals surface area contributed by atoms with Crippen LogP contribution in [0.3, 0.4) is 0 Å². The largest absolute Gasteiger partial charge is 0.376 e. The van der Waals surface area contributed by atoms with Gasteiger partial charge in [0.25, 0.3) is 6.04 Å². The molecule has 1 aliphatic rings. The van der Waals surface area contributed by atoms with Crippen molar-refractivity contribution in [1.29, 1.82) is 0 Å². The number of ether oxygens (including phenoxy) is 1. The molecule has 1 N–H and O–H groups in total. The summed E-state index contributed by atoms with van der Waals surface area (Å²) in [7, 11) is 0. The summed E-state index contributed by atoms with van der Waals surface area (Å²) in [6.07, 6.45) is 6.04. The molecule has 1 saturated heterocycles. The van der Waals surface area contributed by atoms with Crippen LogP contribution in [0.15, 0.2) is 48.8 Å². The van der Waals surface area contributed by atoms with Crippen molar-refractivity contribution < 1.29 is 14.1 Å². The summed E-state index contributed by atoms with van der Waals surface area (Å²) in [6, 6.07) is 11.0. The first kappa shape index (κ1) is 18.7. The lowest BCUT2D eigenvalue weighted by Gasteiger charge is -2.17. The van der Waals surface area contributed by atoms with Gasteiger partial charge in [0.1, 0.15) is 0 Å². The number of aromatic nitrogens is 1. The van der Waals surface area contributed by atoms with Gasteiger partial charge in [0.2, 0.25) is 5.78 Å². The Morgan fingerprint density at radius 3 is 2.69 bits per heavy atom. The number of Topliss-reactive ketones (excluding diaryl/α,β-unsaturated/α-hetero) is 1. The maximum absolute atomic E-state index is 13.3. The number of ketones is 1. The van der Waals surface area contributed by atoms with Gasteiger partial charge in [-0.25, -0.2) is 0 Å². The topological polar surface area (TPSA) is 42.2 Å². The number of hydrogen-bond acceptors (Lipinski definition) is 3. The SMILES string of the molecule is Cc1ccc(C(=O)[C@@H](C(=S)NC[C@@H]2CCCO2)[n+]2ccccc2)cc1C. The number of thiocarbonyl (C=S) groups is 1. The molecular weight excluding hydrogens is 344 g/mol. The molecule has 2 heterocycles. The fourth-order valence-corrected chi connectivity index (χ4v) is 3.46. The predicted molar refractivity (Wildman–Crippen MR) is 105 cm³/mol.